The zero-order chi connectivity index (χ0) is 25.1. The Morgan fingerprint density at radius 3 is 2.44 bits per heavy atom. The van der Waals surface area contributed by atoms with E-state index >= 15 is 0 Å². The third-order valence-corrected chi connectivity index (χ3v) is 5.23. The molecule has 13 heteroatoms. The standard InChI is InChI=1S/C21H26N4O8S/c1-4-10-32-14-6-5-7-16(11-14)34(28,29)33-15-8-9-17(23-19(26)13-30-2)18(12-15)24-20(22)25-21(27)31-3/h5-9,11-12H,4,10,13H2,1-3H3,(H,23,26)(H3,22,24,25,27). The van der Waals surface area contributed by atoms with E-state index in [2.05, 4.69) is 20.7 Å². The lowest BCUT2D eigenvalue weighted by molar-refractivity contribution is -0.119. The first kappa shape index (κ1) is 26.4. The maximum absolute atomic E-state index is 12.8. The molecule has 0 radical (unpaired) electrons. The fourth-order valence-corrected chi connectivity index (χ4v) is 3.50. The van der Waals surface area contributed by atoms with Crippen LogP contribution in [0.4, 0.5) is 16.2 Å². The van der Waals surface area contributed by atoms with E-state index in [-0.39, 0.29) is 28.6 Å². The van der Waals surface area contributed by atoms with E-state index in [0.717, 1.165) is 13.5 Å². The van der Waals surface area contributed by atoms with Gasteiger partial charge in [0.2, 0.25) is 11.9 Å². The molecule has 34 heavy (non-hydrogen) atoms. The number of anilines is 2. The summed E-state index contributed by atoms with van der Waals surface area (Å²) >= 11 is 0. The molecule has 0 aliphatic heterocycles. The van der Waals surface area contributed by atoms with Crippen LogP contribution in [0.1, 0.15) is 13.3 Å². The summed E-state index contributed by atoms with van der Waals surface area (Å²) in [5.74, 6) is -0.719. The molecular weight excluding hydrogens is 468 g/mol. The zero-order valence-corrected chi connectivity index (χ0v) is 19.7. The monoisotopic (exact) mass is 494 g/mol. The van der Waals surface area contributed by atoms with Crippen LogP contribution in [0.25, 0.3) is 0 Å². The Morgan fingerprint density at radius 1 is 1.00 bits per heavy atom. The highest BCUT2D eigenvalue weighted by Gasteiger charge is 2.19. The molecular formula is C21H26N4O8S. The van der Waals surface area contributed by atoms with Crippen molar-refractivity contribution in [3.63, 3.8) is 0 Å². The van der Waals surface area contributed by atoms with Crippen LogP contribution in [-0.4, -0.2) is 53.8 Å². The predicted molar refractivity (Wildman–Crippen MR) is 124 cm³/mol. The summed E-state index contributed by atoms with van der Waals surface area (Å²) in [5, 5.41) is 15.0. The van der Waals surface area contributed by atoms with Gasteiger partial charge in [0, 0.05) is 19.2 Å². The number of carbonyl (C=O) groups is 2. The number of carbonyl (C=O) groups excluding carboxylic acids is 2. The molecule has 0 spiro atoms. The highest BCUT2D eigenvalue weighted by molar-refractivity contribution is 7.87. The molecule has 12 nitrogen and oxygen atoms in total. The average molecular weight is 495 g/mol. The van der Waals surface area contributed by atoms with Crippen LogP contribution < -0.4 is 24.9 Å². The van der Waals surface area contributed by atoms with Gasteiger partial charge in [0.05, 0.1) is 25.1 Å². The van der Waals surface area contributed by atoms with Crippen LogP contribution in [0.3, 0.4) is 0 Å². The fourth-order valence-electron chi connectivity index (χ4n) is 2.54. The van der Waals surface area contributed by atoms with Gasteiger partial charge in [-0.3, -0.25) is 15.5 Å². The topological polar surface area (TPSA) is 165 Å². The van der Waals surface area contributed by atoms with E-state index < -0.39 is 28.1 Å². The van der Waals surface area contributed by atoms with Crippen LogP contribution in [0, 0.1) is 5.41 Å². The van der Waals surface area contributed by atoms with Gasteiger partial charge in [-0.1, -0.05) is 13.0 Å². The normalized spacial score (nSPS) is 10.7. The Kier molecular flexibility index (Phi) is 9.64. The van der Waals surface area contributed by atoms with Gasteiger partial charge in [0.1, 0.15) is 23.0 Å². The van der Waals surface area contributed by atoms with E-state index in [4.69, 9.17) is 19.1 Å². The highest BCUT2D eigenvalue weighted by Crippen LogP contribution is 2.30. The lowest BCUT2D eigenvalue weighted by atomic mass is 10.2. The van der Waals surface area contributed by atoms with Gasteiger partial charge in [-0.2, -0.15) is 8.42 Å². The van der Waals surface area contributed by atoms with Gasteiger partial charge in [-0.15, -0.1) is 0 Å². The van der Waals surface area contributed by atoms with Crippen LogP contribution in [0.2, 0.25) is 0 Å². The number of amides is 2. The number of hydrogen-bond acceptors (Lipinski definition) is 9. The molecule has 4 N–H and O–H groups in total. The first-order valence-electron chi connectivity index (χ1n) is 9.99. The quantitative estimate of drug-likeness (QED) is 0.221. The Labute approximate surface area is 197 Å². The molecule has 0 saturated carbocycles. The second kappa shape index (κ2) is 12.4. The molecule has 0 aliphatic rings. The van der Waals surface area contributed by atoms with Gasteiger partial charge in [-0.25, -0.2) is 4.79 Å². The van der Waals surface area contributed by atoms with Gasteiger partial charge >= 0.3 is 16.2 Å². The first-order valence-corrected chi connectivity index (χ1v) is 11.4. The summed E-state index contributed by atoms with van der Waals surface area (Å²) in [4.78, 5) is 23.2. The largest absolute Gasteiger partial charge is 0.494 e. The van der Waals surface area contributed by atoms with E-state index in [0.29, 0.717) is 12.4 Å². The van der Waals surface area contributed by atoms with Crippen molar-refractivity contribution in [2.24, 2.45) is 0 Å². The average Bonchev–Trinajstić information content (AvgIpc) is 2.79. The van der Waals surface area contributed by atoms with Crippen molar-refractivity contribution in [3.8, 4) is 11.5 Å². The molecule has 0 bridgehead atoms. The number of guanidine groups is 1. The molecule has 2 aromatic carbocycles. The maximum Gasteiger partial charge on any atom is 0.413 e. The molecule has 0 heterocycles. The van der Waals surface area contributed by atoms with Crippen LogP contribution in [0.5, 0.6) is 11.5 Å². The summed E-state index contributed by atoms with van der Waals surface area (Å²) < 4.78 is 45.5. The van der Waals surface area contributed by atoms with Crippen molar-refractivity contribution in [2.45, 2.75) is 18.2 Å². The van der Waals surface area contributed by atoms with Gasteiger partial charge in [0.15, 0.2) is 0 Å². The molecule has 2 rings (SSSR count). The van der Waals surface area contributed by atoms with Crippen LogP contribution in [-0.2, 0) is 24.4 Å². The number of benzene rings is 2. The predicted octanol–water partition coefficient (Wildman–Crippen LogP) is 2.53. The second-order valence-corrected chi connectivity index (χ2v) is 8.21. The molecule has 184 valence electrons. The minimum atomic E-state index is -4.23. The molecule has 2 amide bonds. The van der Waals surface area contributed by atoms with E-state index in [1.807, 2.05) is 6.92 Å². The fraction of sp³-hybridized carbons (Fsp3) is 0.286. The Bertz CT molecular complexity index is 1140. The smallest absolute Gasteiger partial charge is 0.413 e. The third-order valence-electron chi connectivity index (χ3n) is 3.99. The van der Waals surface area contributed by atoms with E-state index in [9.17, 15) is 18.0 Å². The summed E-state index contributed by atoms with van der Waals surface area (Å²) in [6, 6.07) is 9.80. The summed E-state index contributed by atoms with van der Waals surface area (Å²) in [6.45, 7) is 2.12. The summed E-state index contributed by atoms with van der Waals surface area (Å²) in [5.41, 5.74) is 0.247. The maximum atomic E-state index is 12.8. The first-order chi connectivity index (χ1) is 16.2. The van der Waals surface area contributed by atoms with Crippen molar-refractivity contribution >= 4 is 39.5 Å². The van der Waals surface area contributed by atoms with E-state index in [1.165, 1.54) is 43.5 Å². The molecule has 0 aliphatic carbocycles. The van der Waals surface area contributed by atoms with E-state index in [1.54, 1.807) is 6.07 Å². The Hall–Kier alpha value is -3.84. The number of methoxy groups -OCH3 is 2. The molecule has 0 fully saturated rings. The van der Waals surface area contributed by atoms with Crippen molar-refractivity contribution in [1.29, 1.82) is 5.41 Å². The van der Waals surface area contributed by atoms with Crippen LogP contribution >= 0.6 is 0 Å². The Morgan fingerprint density at radius 2 is 1.76 bits per heavy atom. The summed E-state index contributed by atoms with van der Waals surface area (Å²) in [6.07, 6.45) is -0.140. The molecule has 0 unspecified atom stereocenters. The van der Waals surface area contributed by atoms with Crippen molar-refractivity contribution in [3.05, 3.63) is 42.5 Å². The molecule has 0 saturated heterocycles. The Balaban J connectivity index is 2.31. The van der Waals surface area contributed by atoms with Gasteiger partial charge in [0.25, 0.3) is 0 Å². The van der Waals surface area contributed by atoms with Crippen LogP contribution in [0.15, 0.2) is 47.4 Å². The number of ether oxygens (including phenoxy) is 3. The van der Waals surface area contributed by atoms with Gasteiger partial charge < -0.3 is 29.0 Å². The number of nitrogens with one attached hydrogen (secondary N) is 4. The highest BCUT2D eigenvalue weighted by atomic mass is 32.2. The number of rotatable bonds is 10. The SMILES string of the molecule is CCCOc1cccc(S(=O)(=O)Oc2ccc(NC(=O)COC)c(NC(=N)NC(=O)OC)c2)c1. The number of alkyl carbamates (subject to hydrolysis) is 1. The molecule has 0 atom stereocenters. The minimum absolute atomic E-state index is 0.0681. The second-order valence-electron chi connectivity index (χ2n) is 6.67. The minimum Gasteiger partial charge on any atom is -0.494 e. The van der Waals surface area contributed by atoms with Gasteiger partial charge in [-0.05, 0) is 30.7 Å². The third kappa shape index (κ3) is 7.94. The lowest BCUT2D eigenvalue weighted by Gasteiger charge is -2.16. The summed E-state index contributed by atoms with van der Waals surface area (Å²) in [7, 11) is -1.76. The van der Waals surface area contributed by atoms with Crippen molar-refractivity contribution < 1.29 is 36.4 Å². The molecule has 0 aromatic heterocycles. The molecule has 2 aromatic rings. The zero-order valence-electron chi connectivity index (χ0n) is 18.8. The van der Waals surface area contributed by atoms with Crippen molar-refractivity contribution in [1.82, 2.24) is 5.32 Å². The lowest BCUT2D eigenvalue weighted by Crippen LogP contribution is -2.35. The van der Waals surface area contributed by atoms with Crippen molar-refractivity contribution in [2.75, 3.05) is 38.1 Å². The number of hydrogen-bond donors (Lipinski definition) is 4.